The second-order valence-electron chi connectivity index (χ2n) is 3.12. The molecule has 1 aromatic heterocycles. The fourth-order valence-electron chi connectivity index (χ4n) is 1.33. The number of hydrogen-bond acceptors (Lipinski definition) is 7. The van der Waals surface area contributed by atoms with Crippen LogP contribution in [0.25, 0.3) is 0 Å². The SMILES string of the molecule is NNc1nccc(NN2CCOCC2)n1. The predicted molar refractivity (Wildman–Crippen MR) is 55.9 cm³/mol. The van der Waals surface area contributed by atoms with E-state index >= 15 is 0 Å². The van der Waals surface area contributed by atoms with Crippen LogP contribution in [0.4, 0.5) is 11.8 Å². The summed E-state index contributed by atoms with van der Waals surface area (Å²) < 4.78 is 5.24. The topological polar surface area (TPSA) is 88.3 Å². The molecule has 1 fully saturated rings. The molecular weight excluding hydrogens is 196 g/mol. The monoisotopic (exact) mass is 210 g/mol. The molecule has 0 spiro atoms. The molecule has 0 atom stereocenters. The average Bonchev–Trinajstić information content (AvgIpc) is 2.31. The molecule has 2 heterocycles. The number of hydrazine groups is 2. The molecule has 0 radical (unpaired) electrons. The Kier molecular flexibility index (Phi) is 3.28. The Morgan fingerprint density at radius 2 is 2.20 bits per heavy atom. The molecule has 1 aliphatic rings. The van der Waals surface area contributed by atoms with Crippen LogP contribution in [0, 0.1) is 0 Å². The molecule has 0 bridgehead atoms. The minimum absolute atomic E-state index is 0.397. The summed E-state index contributed by atoms with van der Waals surface area (Å²) in [7, 11) is 0. The third-order valence-corrected chi connectivity index (χ3v) is 2.07. The van der Waals surface area contributed by atoms with E-state index in [0.29, 0.717) is 5.95 Å². The van der Waals surface area contributed by atoms with Gasteiger partial charge in [-0.3, -0.25) is 5.43 Å². The zero-order chi connectivity index (χ0) is 10.5. The summed E-state index contributed by atoms with van der Waals surface area (Å²) in [5.74, 6) is 6.33. The number of rotatable bonds is 3. The first-order chi connectivity index (χ1) is 7.38. The molecule has 2 rings (SSSR count). The Morgan fingerprint density at radius 1 is 1.40 bits per heavy atom. The van der Waals surface area contributed by atoms with Gasteiger partial charge in [-0.1, -0.05) is 0 Å². The van der Waals surface area contributed by atoms with Crippen LogP contribution in [-0.2, 0) is 4.74 Å². The van der Waals surface area contributed by atoms with Crippen LogP contribution < -0.4 is 16.7 Å². The molecule has 0 amide bonds. The van der Waals surface area contributed by atoms with Crippen molar-refractivity contribution in [2.45, 2.75) is 0 Å². The molecule has 1 saturated heterocycles. The van der Waals surface area contributed by atoms with E-state index in [-0.39, 0.29) is 0 Å². The summed E-state index contributed by atoms with van der Waals surface area (Å²) >= 11 is 0. The maximum atomic E-state index is 5.24. The van der Waals surface area contributed by atoms with Crippen LogP contribution >= 0.6 is 0 Å². The fraction of sp³-hybridized carbons (Fsp3) is 0.500. The van der Waals surface area contributed by atoms with Gasteiger partial charge >= 0.3 is 0 Å². The molecule has 82 valence electrons. The molecule has 7 heteroatoms. The normalized spacial score (nSPS) is 17.4. The minimum atomic E-state index is 0.397. The maximum absolute atomic E-state index is 5.24. The number of ether oxygens (including phenoxy) is 1. The summed E-state index contributed by atoms with van der Waals surface area (Å²) in [6.45, 7) is 3.16. The third-order valence-electron chi connectivity index (χ3n) is 2.07. The number of anilines is 2. The quantitative estimate of drug-likeness (QED) is 0.454. The number of nitrogens with one attached hydrogen (secondary N) is 2. The highest BCUT2D eigenvalue weighted by molar-refractivity contribution is 5.37. The maximum Gasteiger partial charge on any atom is 0.239 e. The molecule has 1 aromatic rings. The number of nitrogen functional groups attached to an aromatic ring is 1. The van der Waals surface area contributed by atoms with E-state index in [9.17, 15) is 0 Å². The summed E-state index contributed by atoms with van der Waals surface area (Å²) in [5, 5.41) is 2.05. The number of nitrogens with two attached hydrogens (primary N) is 1. The van der Waals surface area contributed by atoms with Crippen LogP contribution in [0.2, 0.25) is 0 Å². The van der Waals surface area contributed by atoms with E-state index in [1.807, 2.05) is 5.01 Å². The van der Waals surface area contributed by atoms with Crippen LogP contribution in [0.5, 0.6) is 0 Å². The first-order valence-corrected chi connectivity index (χ1v) is 4.77. The van der Waals surface area contributed by atoms with E-state index in [2.05, 4.69) is 20.8 Å². The van der Waals surface area contributed by atoms with E-state index in [1.165, 1.54) is 0 Å². The lowest BCUT2D eigenvalue weighted by atomic mass is 10.5. The van der Waals surface area contributed by atoms with Crippen LogP contribution in [0.3, 0.4) is 0 Å². The molecule has 1 aliphatic heterocycles. The Hall–Kier alpha value is -1.44. The molecule has 4 N–H and O–H groups in total. The zero-order valence-electron chi connectivity index (χ0n) is 8.31. The van der Waals surface area contributed by atoms with Gasteiger partial charge in [0.25, 0.3) is 0 Å². The van der Waals surface area contributed by atoms with Gasteiger partial charge in [-0.2, -0.15) is 4.98 Å². The van der Waals surface area contributed by atoms with Gasteiger partial charge in [-0.15, -0.1) is 0 Å². The predicted octanol–water partition coefficient (Wildman–Crippen LogP) is -0.579. The highest BCUT2D eigenvalue weighted by Gasteiger charge is 2.10. The van der Waals surface area contributed by atoms with E-state index in [4.69, 9.17) is 10.6 Å². The van der Waals surface area contributed by atoms with Gasteiger partial charge in [-0.25, -0.2) is 15.8 Å². The van der Waals surface area contributed by atoms with Gasteiger partial charge < -0.3 is 10.2 Å². The Morgan fingerprint density at radius 3 is 2.93 bits per heavy atom. The first kappa shape index (κ1) is 10.1. The largest absolute Gasteiger partial charge is 0.379 e. The standard InChI is InChI=1S/C8H14N6O/c9-12-8-10-2-1-7(11-8)13-14-3-5-15-6-4-14/h1-2H,3-6,9H2,(H2,10,11,12,13). The smallest absolute Gasteiger partial charge is 0.239 e. The van der Waals surface area contributed by atoms with Crippen molar-refractivity contribution >= 4 is 11.8 Å². The lowest BCUT2D eigenvalue weighted by Crippen LogP contribution is -2.40. The van der Waals surface area contributed by atoms with E-state index < -0.39 is 0 Å². The van der Waals surface area contributed by atoms with Crippen molar-refractivity contribution in [3.63, 3.8) is 0 Å². The highest BCUT2D eigenvalue weighted by atomic mass is 16.5. The summed E-state index contributed by atoms with van der Waals surface area (Å²) in [5.41, 5.74) is 5.56. The van der Waals surface area contributed by atoms with Gasteiger partial charge in [0.1, 0.15) is 5.82 Å². The van der Waals surface area contributed by atoms with Crippen molar-refractivity contribution in [1.29, 1.82) is 0 Å². The van der Waals surface area contributed by atoms with Gasteiger partial charge in [0.05, 0.1) is 13.2 Å². The van der Waals surface area contributed by atoms with Crippen molar-refractivity contribution in [2.75, 3.05) is 37.2 Å². The zero-order valence-corrected chi connectivity index (χ0v) is 8.31. The van der Waals surface area contributed by atoms with Crippen molar-refractivity contribution in [3.8, 4) is 0 Å². The lowest BCUT2D eigenvalue weighted by molar-refractivity contribution is 0.0495. The van der Waals surface area contributed by atoms with Gasteiger partial charge in [-0.05, 0) is 0 Å². The molecule has 0 aromatic carbocycles. The van der Waals surface area contributed by atoms with Gasteiger partial charge in [0.15, 0.2) is 0 Å². The van der Waals surface area contributed by atoms with Crippen LogP contribution in [0.1, 0.15) is 0 Å². The molecule has 15 heavy (non-hydrogen) atoms. The minimum Gasteiger partial charge on any atom is -0.379 e. The highest BCUT2D eigenvalue weighted by Crippen LogP contribution is 2.06. The van der Waals surface area contributed by atoms with Crippen LogP contribution in [-0.4, -0.2) is 41.3 Å². The molecule has 0 aliphatic carbocycles. The van der Waals surface area contributed by atoms with E-state index in [1.54, 1.807) is 12.3 Å². The van der Waals surface area contributed by atoms with Crippen molar-refractivity contribution in [3.05, 3.63) is 12.3 Å². The molecule has 7 nitrogen and oxygen atoms in total. The first-order valence-electron chi connectivity index (χ1n) is 4.77. The summed E-state index contributed by atoms with van der Waals surface area (Å²) in [6, 6.07) is 1.79. The average molecular weight is 210 g/mol. The Bertz CT molecular complexity index is 314. The van der Waals surface area contributed by atoms with Crippen molar-refractivity contribution < 1.29 is 4.74 Å². The molecule has 0 saturated carbocycles. The van der Waals surface area contributed by atoms with Crippen LogP contribution in [0.15, 0.2) is 12.3 Å². The molecule has 0 unspecified atom stereocenters. The number of aromatic nitrogens is 2. The number of nitrogens with zero attached hydrogens (tertiary/aromatic N) is 3. The molecular formula is C8H14N6O. The second kappa shape index (κ2) is 4.87. The summed E-state index contributed by atoms with van der Waals surface area (Å²) in [4.78, 5) is 8.07. The van der Waals surface area contributed by atoms with Crippen molar-refractivity contribution in [2.24, 2.45) is 5.84 Å². The second-order valence-corrected chi connectivity index (χ2v) is 3.12. The van der Waals surface area contributed by atoms with E-state index in [0.717, 1.165) is 32.1 Å². The Labute approximate surface area is 87.6 Å². The third kappa shape index (κ3) is 2.75. The number of hydrogen-bond donors (Lipinski definition) is 3. The van der Waals surface area contributed by atoms with Gasteiger partial charge in [0, 0.05) is 25.4 Å². The summed E-state index contributed by atoms with van der Waals surface area (Å²) in [6.07, 6.45) is 1.64. The Balaban J connectivity index is 1.96. The number of morpholine rings is 1. The van der Waals surface area contributed by atoms with Crippen molar-refractivity contribution in [1.82, 2.24) is 15.0 Å². The lowest BCUT2D eigenvalue weighted by Gasteiger charge is -2.27. The fourth-order valence-corrected chi connectivity index (χ4v) is 1.33. The van der Waals surface area contributed by atoms with Gasteiger partial charge in [0.2, 0.25) is 5.95 Å².